The van der Waals surface area contributed by atoms with Gasteiger partial charge in [-0.15, -0.1) is 0 Å². The van der Waals surface area contributed by atoms with E-state index in [2.05, 4.69) is 32.7 Å². The van der Waals surface area contributed by atoms with Crippen molar-refractivity contribution in [2.45, 2.75) is 77.8 Å². The Morgan fingerprint density at radius 1 is 1.16 bits per heavy atom. The van der Waals surface area contributed by atoms with Crippen molar-refractivity contribution < 1.29 is 0 Å². The first kappa shape index (κ1) is 15.3. The average molecular weight is 266 g/mol. The van der Waals surface area contributed by atoms with E-state index in [0.717, 1.165) is 12.0 Å². The van der Waals surface area contributed by atoms with Gasteiger partial charge >= 0.3 is 0 Å². The van der Waals surface area contributed by atoms with Crippen LogP contribution in [0.4, 0.5) is 0 Å². The second-order valence-corrected chi connectivity index (χ2v) is 8.03. The van der Waals surface area contributed by atoms with Crippen LogP contribution in [0.15, 0.2) is 0 Å². The highest BCUT2D eigenvalue weighted by molar-refractivity contribution is 4.93. The molecule has 2 N–H and O–H groups in total. The van der Waals surface area contributed by atoms with Crippen molar-refractivity contribution in [2.24, 2.45) is 23.0 Å². The molecule has 0 heterocycles. The Bertz CT molecular complexity index is 287. The molecule has 0 amide bonds. The van der Waals surface area contributed by atoms with Gasteiger partial charge in [-0.05, 0) is 50.0 Å². The Labute approximate surface area is 120 Å². The van der Waals surface area contributed by atoms with Crippen molar-refractivity contribution >= 4 is 0 Å². The van der Waals surface area contributed by atoms with Gasteiger partial charge in [0.05, 0.1) is 0 Å². The van der Waals surface area contributed by atoms with Gasteiger partial charge in [-0.2, -0.15) is 0 Å². The van der Waals surface area contributed by atoms with Crippen LogP contribution in [0.25, 0.3) is 0 Å². The SMILES string of the molecule is CC1CCCC(N(C)CC2CCCC(C)(C)C2N)C1. The van der Waals surface area contributed by atoms with Gasteiger partial charge in [-0.25, -0.2) is 0 Å². The molecule has 0 spiro atoms. The zero-order valence-electron chi connectivity index (χ0n) is 13.5. The third-order valence-electron chi connectivity index (χ3n) is 5.86. The minimum atomic E-state index is 0.337. The third kappa shape index (κ3) is 3.72. The smallest absolute Gasteiger partial charge is 0.0131 e. The van der Waals surface area contributed by atoms with E-state index in [1.807, 2.05) is 0 Å². The maximum Gasteiger partial charge on any atom is 0.0131 e. The van der Waals surface area contributed by atoms with Crippen molar-refractivity contribution in [1.82, 2.24) is 4.90 Å². The summed E-state index contributed by atoms with van der Waals surface area (Å²) in [5.74, 6) is 1.61. The maximum absolute atomic E-state index is 6.54. The van der Waals surface area contributed by atoms with Crippen molar-refractivity contribution in [2.75, 3.05) is 13.6 Å². The molecule has 2 nitrogen and oxygen atoms in total. The quantitative estimate of drug-likeness (QED) is 0.845. The molecule has 0 radical (unpaired) electrons. The van der Waals surface area contributed by atoms with Crippen LogP contribution in [0.2, 0.25) is 0 Å². The van der Waals surface area contributed by atoms with Crippen molar-refractivity contribution in [3.63, 3.8) is 0 Å². The molecule has 2 heteroatoms. The standard InChI is InChI=1S/C17H34N2/c1-13-7-5-9-15(11-13)19(4)12-14-8-6-10-17(2,3)16(14)18/h13-16H,5-12,18H2,1-4H3. The molecule has 2 rings (SSSR count). The topological polar surface area (TPSA) is 29.3 Å². The van der Waals surface area contributed by atoms with E-state index < -0.39 is 0 Å². The first-order chi connectivity index (χ1) is 8.90. The van der Waals surface area contributed by atoms with Crippen LogP contribution < -0.4 is 5.73 Å². The summed E-state index contributed by atoms with van der Waals surface area (Å²) in [6.07, 6.45) is 9.62. The summed E-state index contributed by atoms with van der Waals surface area (Å²) in [4.78, 5) is 2.63. The van der Waals surface area contributed by atoms with E-state index in [-0.39, 0.29) is 0 Å². The summed E-state index contributed by atoms with van der Waals surface area (Å²) < 4.78 is 0. The van der Waals surface area contributed by atoms with Gasteiger partial charge in [0.15, 0.2) is 0 Å². The molecule has 0 aromatic carbocycles. The molecular formula is C17H34N2. The maximum atomic E-state index is 6.54. The predicted molar refractivity (Wildman–Crippen MR) is 83.1 cm³/mol. The molecule has 0 bridgehead atoms. The van der Waals surface area contributed by atoms with Gasteiger partial charge in [0.1, 0.15) is 0 Å². The summed E-state index contributed by atoms with van der Waals surface area (Å²) in [6.45, 7) is 8.33. The lowest BCUT2D eigenvalue weighted by molar-refractivity contribution is 0.0808. The van der Waals surface area contributed by atoms with Gasteiger partial charge in [0.2, 0.25) is 0 Å². The van der Waals surface area contributed by atoms with Gasteiger partial charge < -0.3 is 10.6 Å². The van der Waals surface area contributed by atoms with Crippen LogP contribution >= 0.6 is 0 Å². The van der Waals surface area contributed by atoms with Crippen LogP contribution in [-0.2, 0) is 0 Å². The molecule has 19 heavy (non-hydrogen) atoms. The van der Waals surface area contributed by atoms with Crippen LogP contribution in [0, 0.1) is 17.3 Å². The minimum Gasteiger partial charge on any atom is -0.327 e. The molecule has 2 fully saturated rings. The van der Waals surface area contributed by atoms with E-state index in [4.69, 9.17) is 5.73 Å². The highest BCUT2D eigenvalue weighted by Gasteiger charge is 2.37. The fraction of sp³-hybridized carbons (Fsp3) is 1.00. The molecule has 2 aliphatic rings. The van der Waals surface area contributed by atoms with Crippen molar-refractivity contribution in [1.29, 1.82) is 0 Å². The molecule has 2 aliphatic carbocycles. The summed E-state index contributed by atoms with van der Waals surface area (Å²) in [5, 5.41) is 0. The van der Waals surface area contributed by atoms with Crippen molar-refractivity contribution in [3.8, 4) is 0 Å². The van der Waals surface area contributed by atoms with Gasteiger partial charge in [-0.3, -0.25) is 0 Å². The molecule has 0 aromatic heterocycles. The molecular weight excluding hydrogens is 232 g/mol. The number of hydrogen-bond donors (Lipinski definition) is 1. The molecule has 2 saturated carbocycles. The molecule has 4 atom stereocenters. The Balaban J connectivity index is 1.89. The molecule has 0 aromatic rings. The lowest BCUT2D eigenvalue weighted by Crippen LogP contribution is -2.51. The summed E-state index contributed by atoms with van der Waals surface area (Å²) in [5.41, 5.74) is 6.87. The van der Waals surface area contributed by atoms with Gasteiger partial charge in [0.25, 0.3) is 0 Å². The predicted octanol–water partition coefficient (Wildman–Crippen LogP) is 3.65. The Hall–Kier alpha value is -0.0800. The van der Waals surface area contributed by atoms with Crippen LogP contribution in [0.5, 0.6) is 0 Å². The lowest BCUT2D eigenvalue weighted by Gasteiger charge is -2.45. The molecule has 0 saturated heterocycles. The highest BCUT2D eigenvalue weighted by atomic mass is 15.1. The zero-order chi connectivity index (χ0) is 14.0. The fourth-order valence-corrected chi connectivity index (χ4v) is 4.33. The number of hydrogen-bond acceptors (Lipinski definition) is 2. The van der Waals surface area contributed by atoms with E-state index in [9.17, 15) is 0 Å². The summed E-state index contributed by atoms with van der Waals surface area (Å²) in [6, 6.07) is 1.19. The fourth-order valence-electron chi connectivity index (χ4n) is 4.33. The zero-order valence-corrected chi connectivity index (χ0v) is 13.5. The second kappa shape index (κ2) is 6.13. The number of nitrogens with two attached hydrogens (primary N) is 1. The van der Waals surface area contributed by atoms with Crippen LogP contribution in [0.3, 0.4) is 0 Å². The third-order valence-corrected chi connectivity index (χ3v) is 5.86. The minimum absolute atomic E-state index is 0.337. The normalized spacial score (nSPS) is 39.5. The number of rotatable bonds is 3. The van der Waals surface area contributed by atoms with Gasteiger partial charge in [-0.1, -0.05) is 40.0 Å². The molecule has 0 aliphatic heterocycles. The van der Waals surface area contributed by atoms with E-state index in [1.54, 1.807) is 0 Å². The molecule has 112 valence electrons. The summed E-state index contributed by atoms with van der Waals surface area (Å²) in [7, 11) is 2.33. The molecule has 4 unspecified atom stereocenters. The first-order valence-corrected chi connectivity index (χ1v) is 8.36. The van der Waals surface area contributed by atoms with E-state index in [1.165, 1.54) is 51.5 Å². The second-order valence-electron chi connectivity index (χ2n) is 8.03. The monoisotopic (exact) mass is 266 g/mol. The highest BCUT2D eigenvalue weighted by Crippen LogP contribution is 2.38. The van der Waals surface area contributed by atoms with Crippen LogP contribution in [0.1, 0.15) is 65.7 Å². The summed E-state index contributed by atoms with van der Waals surface area (Å²) >= 11 is 0. The van der Waals surface area contributed by atoms with Crippen molar-refractivity contribution in [3.05, 3.63) is 0 Å². The lowest BCUT2D eigenvalue weighted by atomic mass is 9.68. The van der Waals surface area contributed by atoms with Crippen LogP contribution in [-0.4, -0.2) is 30.6 Å². The Morgan fingerprint density at radius 3 is 2.58 bits per heavy atom. The Kier molecular flexibility index (Phi) is 4.94. The largest absolute Gasteiger partial charge is 0.327 e. The van der Waals surface area contributed by atoms with E-state index in [0.29, 0.717) is 17.4 Å². The Morgan fingerprint density at radius 2 is 1.89 bits per heavy atom. The number of nitrogens with zero attached hydrogens (tertiary/aromatic N) is 1. The average Bonchev–Trinajstić information content (AvgIpc) is 2.35. The first-order valence-electron chi connectivity index (χ1n) is 8.36. The van der Waals surface area contributed by atoms with E-state index >= 15 is 0 Å². The van der Waals surface area contributed by atoms with Gasteiger partial charge in [0, 0.05) is 18.6 Å².